The van der Waals surface area contributed by atoms with E-state index >= 15 is 0 Å². The van der Waals surface area contributed by atoms with Crippen LogP contribution in [-0.4, -0.2) is 42.8 Å². The molecule has 5 heteroatoms. The number of nitrogens with zero attached hydrogens (tertiary/aromatic N) is 1. The van der Waals surface area contributed by atoms with Crippen molar-refractivity contribution in [2.45, 2.75) is 51.4 Å². The van der Waals surface area contributed by atoms with Crippen LogP contribution in [0.1, 0.15) is 33.1 Å². The van der Waals surface area contributed by atoms with Crippen LogP contribution in [0.15, 0.2) is 0 Å². The zero-order chi connectivity index (χ0) is 12.2. The molecule has 0 radical (unpaired) electrons. The van der Waals surface area contributed by atoms with E-state index in [4.69, 9.17) is 0 Å². The molecule has 0 bridgehead atoms. The van der Waals surface area contributed by atoms with Crippen LogP contribution in [0, 0.1) is 0 Å². The van der Waals surface area contributed by atoms with Gasteiger partial charge in [-0.15, -0.1) is 0 Å². The minimum Gasteiger partial charge on any atom is -0.317 e. The zero-order valence-electron chi connectivity index (χ0n) is 9.98. The lowest BCUT2D eigenvalue weighted by atomic mass is 10.2. The SMILES string of the molecule is CCNCCC(C)N(CC(F)(F)F)C1CC1. The number of nitrogens with one attached hydrogen (secondary N) is 1. The van der Waals surface area contributed by atoms with Crippen molar-refractivity contribution < 1.29 is 13.2 Å². The first kappa shape index (κ1) is 13.8. The second-order valence-electron chi connectivity index (χ2n) is 4.51. The van der Waals surface area contributed by atoms with Crippen molar-refractivity contribution in [1.29, 1.82) is 0 Å². The maximum Gasteiger partial charge on any atom is 0.401 e. The average Bonchev–Trinajstić information content (AvgIpc) is 2.96. The molecule has 0 amide bonds. The van der Waals surface area contributed by atoms with E-state index in [1.807, 2.05) is 13.8 Å². The summed E-state index contributed by atoms with van der Waals surface area (Å²) in [5.74, 6) is 0. The third-order valence-electron chi connectivity index (χ3n) is 2.93. The highest BCUT2D eigenvalue weighted by atomic mass is 19.4. The smallest absolute Gasteiger partial charge is 0.317 e. The summed E-state index contributed by atoms with van der Waals surface area (Å²) in [5.41, 5.74) is 0. The fourth-order valence-corrected chi connectivity index (χ4v) is 1.91. The van der Waals surface area contributed by atoms with E-state index in [-0.39, 0.29) is 12.1 Å². The lowest BCUT2D eigenvalue weighted by Crippen LogP contribution is -2.43. The Bertz CT molecular complexity index is 202. The van der Waals surface area contributed by atoms with E-state index < -0.39 is 12.7 Å². The molecule has 1 unspecified atom stereocenters. The molecule has 96 valence electrons. The van der Waals surface area contributed by atoms with Gasteiger partial charge in [0.2, 0.25) is 0 Å². The second kappa shape index (κ2) is 5.87. The van der Waals surface area contributed by atoms with Crippen molar-refractivity contribution >= 4 is 0 Å². The molecule has 1 N–H and O–H groups in total. The summed E-state index contributed by atoms with van der Waals surface area (Å²) in [7, 11) is 0. The van der Waals surface area contributed by atoms with Crippen LogP contribution in [0.25, 0.3) is 0 Å². The van der Waals surface area contributed by atoms with Gasteiger partial charge < -0.3 is 5.32 Å². The molecule has 2 nitrogen and oxygen atoms in total. The molecule has 0 aliphatic heterocycles. The first-order chi connectivity index (χ1) is 7.44. The predicted octanol–water partition coefficient (Wildman–Crippen LogP) is 2.40. The van der Waals surface area contributed by atoms with E-state index in [0.29, 0.717) is 0 Å². The Morgan fingerprint density at radius 3 is 2.44 bits per heavy atom. The monoisotopic (exact) mass is 238 g/mol. The highest BCUT2D eigenvalue weighted by Crippen LogP contribution is 2.32. The van der Waals surface area contributed by atoms with Crippen LogP contribution in [0.3, 0.4) is 0 Å². The van der Waals surface area contributed by atoms with Crippen molar-refractivity contribution in [1.82, 2.24) is 10.2 Å². The van der Waals surface area contributed by atoms with Gasteiger partial charge in [0, 0.05) is 12.1 Å². The number of rotatable bonds is 7. The third-order valence-corrected chi connectivity index (χ3v) is 2.93. The number of hydrogen-bond donors (Lipinski definition) is 1. The van der Waals surface area contributed by atoms with E-state index in [0.717, 1.165) is 32.4 Å². The largest absolute Gasteiger partial charge is 0.401 e. The molecule has 0 aromatic heterocycles. The van der Waals surface area contributed by atoms with Gasteiger partial charge in [0.25, 0.3) is 0 Å². The Labute approximate surface area is 95.2 Å². The van der Waals surface area contributed by atoms with E-state index in [1.165, 1.54) is 0 Å². The van der Waals surface area contributed by atoms with Crippen LogP contribution >= 0.6 is 0 Å². The Morgan fingerprint density at radius 1 is 1.38 bits per heavy atom. The van der Waals surface area contributed by atoms with Gasteiger partial charge in [-0.3, -0.25) is 4.90 Å². The Hall–Kier alpha value is -0.290. The molecule has 1 rings (SSSR count). The maximum absolute atomic E-state index is 12.4. The van der Waals surface area contributed by atoms with Crippen molar-refractivity contribution in [2.24, 2.45) is 0 Å². The molecule has 1 saturated carbocycles. The standard InChI is InChI=1S/C11H21F3N2/c1-3-15-7-6-9(2)16(10-4-5-10)8-11(12,13)14/h9-10,15H,3-8H2,1-2H3. The van der Waals surface area contributed by atoms with Crippen molar-refractivity contribution in [3.63, 3.8) is 0 Å². The highest BCUT2D eigenvalue weighted by molar-refractivity contribution is 4.88. The Balaban J connectivity index is 2.36. The summed E-state index contributed by atoms with van der Waals surface area (Å²) in [4.78, 5) is 1.61. The molecule has 0 saturated heterocycles. The fraction of sp³-hybridized carbons (Fsp3) is 1.00. The van der Waals surface area contributed by atoms with E-state index in [9.17, 15) is 13.2 Å². The highest BCUT2D eigenvalue weighted by Gasteiger charge is 2.39. The fourth-order valence-electron chi connectivity index (χ4n) is 1.91. The minimum atomic E-state index is -4.07. The summed E-state index contributed by atoms with van der Waals surface area (Å²) in [6.45, 7) is 4.79. The molecule has 1 aliphatic rings. The summed E-state index contributed by atoms with van der Waals surface area (Å²) in [6.07, 6.45) is -1.46. The molecule has 0 aromatic carbocycles. The third kappa shape index (κ3) is 5.16. The summed E-state index contributed by atoms with van der Waals surface area (Å²) in [5, 5.41) is 3.15. The van der Waals surface area contributed by atoms with Gasteiger partial charge >= 0.3 is 6.18 Å². The average molecular weight is 238 g/mol. The van der Waals surface area contributed by atoms with Crippen LogP contribution in [0.2, 0.25) is 0 Å². The molecule has 1 atom stereocenters. The number of alkyl halides is 3. The molecule has 0 heterocycles. The summed E-state index contributed by atoms with van der Waals surface area (Å²) >= 11 is 0. The zero-order valence-corrected chi connectivity index (χ0v) is 9.98. The van der Waals surface area contributed by atoms with Gasteiger partial charge in [-0.05, 0) is 39.3 Å². The van der Waals surface area contributed by atoms with Gasteiger partial charge in [0.15, 0.2) is 0 Å². The van der Waals surface area contributed by atoms with Gasteiger partial charge in [-0.25, -0.2) is 0 Å². The molecule has 16 heavy (non-hydrogen) atoms. The maximum atomic E-state index is 12.4. The van der Waals surface area contributed by atoms with Crippen LogP contribution < -0.4 is 5.32 Å². The first-order valence-corrected chi connectivity index (χ1v) is 5.97. The van der Waals surface area contributed by atoms with Crippen molar-refractivity contribution in [3.05, 3.63) is 0 Å². The number of hydrogen-bond acceptors (Lipinski definition) is 2. The quantitative estimate of drug-likeness (QED) is 0.685. The summed E-state index contributed by atoms with van der Waals surface area (Å²) < 4.78 is 37.2. The topological polar surface area (TPSA) is 15.3 Å². The summed E-state index contributed by atoms with van der Waals surface area (Å²) in [6, 6.07) is 0.173. The van der Waals surface area contributed by atoms with Crippen molar-refractivity contribution in [3.8, 4) is 0 Å². The van der Waals surface area contributed by atoms with Crippen LogP contribution in [0.5, 0.6) is 0 Å². The van der Waals surface area contributed by atoms with Gasteiger partial charge in [-0.1, -0.05) is 6.92 Å². The first-order valence-electron chi connectivity index (χ1n) is 5.97. The molecular weight excluding hydrogens is 217 g/mol. The molecule has 0 spiro atoms. The van der Waals surface area contributed by atoms with E-state index in [1.54, 1.807) is 4.90 Å². The van der Waals surface area contributed by atoms with Gasteiger partial charge in [-0.2, -0.15) is 13.2 Å². The molecular formula is C11H21F3N2. The van der Waals surface area contributed by atoms with E-state index in [2.05, 4.69) is 5.32 Å². The Kier molecular flexibility index (Phi) is 5.05. The van der Waals surface area contributed by atoms with Crippen LogP contribution in [0.4, 0.5) is 13.2 Å². The minimum absolute atomic E-state index is 0.00757. The number of halogens is 3. The molecule has 0 aromatic rings. The van der Waals surface area contributed by atoms with Gasteiger partial charge in [0.1, 0.15) is 0 Å². The van der Waals surface area contributed by atoms with Gasteiger partial charge in [0.05, 0.1) is 6.54 Å². The van der Waals surface area contributed by atoms with Crippen molar-refractivity contribution in [2.75, 3.05) is 19.6 Å². The molecule has 1 fully saturated rings. The predicted molar refractivity (Wildman–Crippen MR) is 58.4 cm³/mol. The molecule has 1 aliphatic carbocycles. The van der Waals surface area contributed by atoms with Crippen LogP contribution in [-0.2, 0) is 0 Å². The normalized spacial score (nSPS) is 19.1. The second-order valence-corrected chi connectivity index (χ2v) is 4.51. The Morgan fingerprint density at radius 2 is 2.00 bits per heavy atom. The lowest BCUT2D eigenvalue weighted by molar-refractivity contribution is -0.151. The lowest BCUT2D eigenvalue weighted by Gasteiger charge is -2.30.